The van der Waals surface area contributed by atoms with Crippen LogP contribution < -0.4 is 0 Å². The third-order valence-corrected chi connectivity index (χ3v) is 10.8. The van der Waals surface area contributed by atoms with Crippen molar-refractivity contribution in [3.8, 4) is 0 Å². The summed E-state index contributed by atoms with van der Waals surface area (Å²) in [5, 5.41) is 0. The number of esters is 3. The van der Waals surface area contributed by atoms with Crippen molar-refractivity contribution in [2.24, 2.45) is 0 Å². The summed E-state index contributed by atoms with van der Waals surface area (Å²) in [4.78, 5) is 37.8. The van der Waals surface area contributed by atoms with Gasteiger partial charge in [-0.25, -0.2) is 0 Å². The largest absolute Gasteiger partial charge is 0.462 e. The second-order valence-electron chi connectivity index (χ2n) is 16.4. The van der Waals surface area contributed by atoms with Crippen LogP contribution in [-0.2, 0) is 28.6 Å². The van der Waals surface area contributed by atoms with Crippen LogP contribution in [0, 0.1) is 0 Å². The molecule has 6 nitrogen and oxygen atoms in total. The molecular weight excluding hydrogens is 685 g/mol. The lowest BCUT2D eigenvalue weighted by molar-refractivity contribution is -0.167. The summed E-state index contributed by atoms with van der Waals surface area (Å²) in [6.45, 7) is 6.63. The van der Waals surface area contributed by atoms with Crippen molar-refractivity contribution in [1.29, 1.82) is 0 Å². The third kappa shape index (κ3) is 43.1. The van der Waals surface area contributed by atoms with E-state index in [9.17, 15) is 14.4 Å². The number of allylic oxidation sites excluding steroid dienone is 2. The van der Waals surface area contributed by atoms with E-state index in [0.717, 1.165) is 57.8 Å². The van der Waals surface area contributed by atoms with Crippen LogP contribution in [0.1, 0.15) is 265 Å². The number of ether oxygens (including phenoxy) is 3. The molecule has 0 N–H and O–H groups in total. The van der Waals surface area contributed by atoms with Gasteiger partial charge in [0.15, 0.2) is 6.10 Å². The maximum atomic E-state index is 12.7. The number of carbonyl (C=O) groups is 3. The van der Waals surface area contributed by atoms with Gasteiger partial charge in [0, 0.05) is 19.3 Å². The highest BCUT2D eigenvalue weighted by Gasteiger charge is 2.19. The second kappa shape index (κ2) is 44.9. The molecular formula is C49H92O6. The van der Waals surface area contributed by atoms with Crippen LogP contribution >= 0.6 is 0 Å². The Morgan fingerprint density at radius 2 is 0.600 bits per heavy atom. The number of hydrogen-bond acceptors (Lipinski definition) is 6. The van der Waals surface area contributed by atoms with Gasteiger partial charge in [-0.05, 0) is 44.9 Å². The first-order chi connectivity index (χ1) is 27.0. The zero-order chi connectivity index (χ0) is 40.1. The molecule has 0 aliphatic rings. The van der Waals surface area contributed by atoms with Gasteiger partial charge >= 0.3 is 17.9 Å². The molecule has 1 atom stereocenters. The van der Waals surface area contributed by atoms with Crippen LogP contribution in [0.2, 0.25) is 0 Å². The highest BCUT2D eigenvalue weighted by Crippen LogP contribution is 2.15. The Hall–Kier alpha value is -1.85. The van der Waals surface area contributed by atoms with Crippen molar-refractivity contribution >= 4 is 17.9 Å². The Morgan fingerprint density at radius 1 is 0.345 bits per heavy atom. The molecule has 55 heavy (non-hydrogen) atoms. The molecule has 0 bridgehead atoms. The lowest BCUT2D eigenvalue weighted by atomic mass is 10.1. The normalized spacial score (nSPS) is 12.0. The maximum Gasteiger partial charge on any atom is 0.306 e. The monoisotopic (exact) mass is 777 g/mol. The molecule has 324 valence electrons. The highest BCUT2D eigenvalue weighted by molar-refractivity contribution is 5.71. The van der Waals surface area contributed by atoms with Gasteiger partial charge in [0.05, 0.1) is 0 Å². The summed E-state index contributed by atoms with van der Waals surface area (Å²) < 4.78 is 16.7. The SMILES string of the molecule is CCCCCC/C=C\CCCCCCCCCC(=O)OCC(COC(=O)CCCCCCCCCCCCC)OC(=O)CCCCCCCCCCCCC. The van der Waals surface area contributed by atoms with Crippen molar-refractivity contribution < 1.29 is 28.6 Å². The first kappa shape index (κ1) is 53.1. The lowest BCUT2D eigenvalue weighted by Gasteiger charge is -2.18. The van der Waals surface area contributed by atoms with Crippen LogP contribution in [0.15, 0.2) is 12.2 Å². The van der Waals surface area contributed by atoms with Gasteiger partial charge in [-0.3, -0.25) is 14.4 Å². The van der Waals surface area contributed by atoms with Crippen LogP contribution in [0.25, 0.3) is 0 Å². The van der Waals surface area contributed by atoms with Gasteiger partial charge in [0.25, 0.3) is 0 Å². The fourth-order valence-corrected chi connectivity index (χ4v) is 7.08. The van der Waals surface area contributed by atoms with E-state index in [4.69, 9.17) is 14.2 Å². The summed E-state index contributed by atoms with van der Waals surface area (Å²) in [6, 6.07) is 0. The van der Waals surface area contributed by atoms with E-state index in [0.29, 0.717) is 19.3 Å². The van der Waals surface area contributed by atoms with E-state index in [1.165, 1.54) is 167 Å². The predicted molar refractivity (Wildman–Crippen MR) is 233 cm³/mol. The molecule has 0 aromatic carbocycles. The number of hydrogen-bond donors (Lipinski definition) is 0. The van der Waals surface area contributed by atoms with Crippen molar-refractivity contribution in [1.82, 2.24) is 0 Å². The van der Waals surface area contributed by atoms with Crippen LogP contribution in [-0.4, -0.2) is 37.2 Å². The van der Waals surface area contributed by atoms with E-state index in [1.807, 2.05) is 0 Å². The summed E-state index contributed by atoms with van der Waals surface area (Å²) in [5.74, 6) is -0.861. The Balaban J connectivity index is 4.32. The van der Waals surface area contributed by atoms with E-state index < -0.39 is 6.10 Å². The summed E-state index contributed by atoms with van der Waals surface area (Å²) >= 11 is 0. The van der Waals surface area contributed by atoms with Crippen LogP contribution in [0.5, 0.6) is 0 Å². The van der Waals surface area contributed by atoms with Gasteiger partial charge in [-0.15, -0.1) is 0 Å². The van der Waals surface area contributed by atoms with Gasteiger partial charge in [0.2, 0.25) is 0 Å². The summed E-state index contributed by atoms with van der Waals surface area (Å²) in [7, 11) is 0. The zero-order valence-electron chi connectivity index (χ0n) is 37.0. The molecule has 0 radical (unpaired) electrons. The average molecular weight is 777 g/mol. The van der Waals surface area contributed by atoms with E-state index in [2.05, 4.69) is 32.9 Å². The minimum absolute atomic E-state index is 0.0666. The molecule has 0 saturated heterocycles. The molecule has 0 aromatic rings. The topological polar surface area (TPSA) is 78.9 Å². The minimum Gasteiger partial charge on any atom is -0.462 e. The second-order valence-corrected chi connectivity index (χ2v) is 16.4. The molecule has 0 aliphatic heterocycles. The fourth-order valence-electron chi connectivity index (χ4n) is 7.08. The molecule has 0 spiro atoms. The fraction of sp³-hybridized carbons (Fsp3) is 0.898. The van der Waals surface area contributed by atoms with Gasteiger partial charge in [-0.2, -0.15) is 0 Å². The standard InChI is InChI=1S/C49H92O6/c1-4-7-10-13-16-19-22-23-24-25-28-30-33-36-39-42-48(51)54-45-46(55-49(52)43-40-37-34-31-27-21-18-15-12-9-6-3)44-53-47(50)41-38-35-32-29-26-20-17-14-11-8-5-2/h19,22,46H,4-18,20-21,23-45H2,1-3H3/b22-19-. The van der Waals surface area contributed by atoms with Gasteiger partial charge in [-0.1, -0.05) is 213 Å². The van der Waals surface area contributed by atoms with Crippen molar-refractivity contribution in [3.05, 3.63) is 12.2 Å². The quantitative estimate of drug-likeness (QED) is 0.0265. The Labute approximate surface area is 341 Å². The summed E-state index contributed by atoms with van der Waals surface area (Å²) in [5.41, 5.74) is 0. The lowest BCUT2D eigenvalue weighted by Crippen LogP contribution is -2.30. The minimum atomic E-state index is -0.763. The number of rotatable bonds is 44. The molecule has 0 heterocycles. The average Bonchev–Trinajstić information content (AvgIpc) is 3.18. The molecule has 0 aliphatic carbocycles. The molecule has 0 fully saturated rings. The highest BCUT2D eigenvalue weighted by atomic mass is 16.6. The van der Waals surface area contributed by atoms with Crippen LogP contribution in [0.3, 0.4) is 0 Å². The first-order valence-corrected chi connectivity index (χ1v) is 24.2. The van der Waals surface area contributed by atoms with Gasteiger partial charge in [0.1, 0.15) is 13.2 Å². The summed E-state index contributed by atoms with van der Waals surface area (Å²) in [6.07, 6.45) is 47.6. The Bertz CT molecular complexity index is 854. The third-order valence-electron chi connectivity index (χ3n) is 10.8. The zero-order valence-corrected chi connectivity index (χ0v) is 37.0. The Morgan fingerprint density at radius 3 is 0.927 bits per heavy atom. The van der Waals surface area contributed by atoms with Crippen LogP contribution in [0.4, 0.5) is 0 Å². The van der Waals surface area contributed by atoms with Crippen molar-refractivity contribution in [2.75, 3.05) is 13.2 Å². The first-order valence-electron chi connectivity index (χ1n) is 24.2. The molecule has 1 unspecified atom stereocenters. The number of carbonyl (C=O) groups excluding carboxylic acids is 3. The molecule has 0 aromatic heterocycles. The van der Waals surface area contributed by atoms with E-state index in [-0.39, 0.29) is 31.1 Å². The molecule has 0 amide bonds. The Kier molecular flexibility index (Phi) is 43.4. The maximum absolute atomic E-state index is 12.7. The molecule has 0 rings (SSSR count). The van der Waals surface area contributed by atoms with Gasteiger partial charge < -0.3 is 14.2 Å². The van der Waals surface area contributed by atoms with Crippen molar-refractivity contribution in [2.45, 2.75) is 271 Å². The predicted octanol–water partition coefficient (Wildman–Crippen LogP) is 15.4. The van der Waals surface area contributed by atoms with Crippen molar-refractivity contribution in [3.63, 3.8) is 0 Å². The number of unbranched alkanes of at least 4 members (excludes halogenated alkanes) is 31. The van der Waals surface area contributed by atoms with E-state index >= 15 is 0 Å². The molecule has 6 heteroatoms. The van der Waals surface area contributed by atoms with E-state index in [1.54, 1.807) is 0 Å². The smallest absolute Gasteiger partial charge is 0.306 e. The molecule has 0 saturated carbocycles.